The molecule has 0 saturated carbocycles. The Bertz CT molecular complexity index is 1190. The maximum absolute atomic E-state index is 4.97. The van der Waals surface area contributed by atoms with Crippen LogP contribution in [0.5, 0.6) is 0 Å². The van der Waals surface area contributed by atoms with E-state index in [4.69, 9.17) is 9.97 Å². The van der Waals surface area contributed by atoms with Crippen LogP contribution in [0.4, 0.5) is 11.8 Å². The third-order valence-electron chi connectivity index (χ3n) is 6.62. The van der Waals surface area contributed by atoms with Crippen molar-refractivity contribution in [1.82, 2.24) is 25.2 Å². The van der Waals surface area contributed by atoms with Crippen molar-refractivity contribution < 1.29 is 0 Å². The molecule has 0 unspecified atom stereocenters. The highest BCUT2D eigenvalue weighted by Gasteiger charge is 2.16. The van der Waals surface area contributed by atoms with Gasteiger partial charge in [-0.15, -0.1) is 0 Å². The number of nitrogens with one attached hydrogen (secondary N) is 3. The summed E-state index contributed by atoms with van der Waals surface area (Å²) in [6.07, 6.45) is 6.06. The zero-order valence-electron chi connectivity index (χ0n) is 24.5. The zero-order chi connectivity index (χ0) is 27.7. The minimum Gasteiger partial charge on any atom is -0.367 e. The first-order valence-electron chi connectivity index (χ1n) is 14.2. The molecule has 1 aromatic carbocycles. The second kappa shape index (κ2) is 13.6. The number of rotatable bonds is 14. The van der Waals surface area contributed by atoms with Gasteiger partial charge in [0.2, 0.25) is 5.95 Å². The van der Waals surface area contributed by atoms with E-state index in [1.165, 1.54) is 11.1 Å². The van der Waals surface area contributed by atoms with Crippen molar-refractivity contribution in [3.63, 3.8) is 0 Å². The highest BCUT2D eigenvalue weighted by Crippen LogP contribution is 2.32. The maximum Gasteiger partial charge on any atom is 0.224 e. The lowest BCUT2D eigenvalue weighted by Crippen LogP contribution is -2.37. The number of aryl methyl sites for hydroxylation is 2. The first kappa shape index (κ1) is 29.4. The van der Waals surface area contributed by atoms with Crippen LogP contribution in [0.3, 0.4) is 0 Å². The summed E-state index contributed by atoms with van der Waals surface area (Å²) in [5.74, 6) is 2.05. The summed E-state index contributed by atoms with van der Waals surface area (Å²) in [6.45, 7) is 23.5. The molecule has 0 saturated heterocycles. The number of hydrogen-bond acceptors (Lipinski definition) is 7. The van der Waals surface area contributed by atoms with E-state index in [1.807, 2.05) is 6.20 Å². The maximum atomic E-state index is 4.97. The van der Waals surface area contributed by atoms with E-state index in [0.29, 0.717) is 17.4 Å². The number of hydrogen-bond donors (Lipinski definition) is 3. The van der Waals surface area contributed by atoms with Gasteiger partial charge in [-0.25, -0.2) is 9.97 Å². The van der Waals surface area contributed by atoms with E-state index in [1.54, 1.807) is 0 Å². The van der Waals surface area contributed by atoms with Gasteiger partial charge in [-0.1, -0.05) is 52.5 Å². The van der Waals surface area contributed by atoms with E-state index < -0.39 is 0 Å². The second-order valence-corrected chi connectivity index (χ2v) is 10.9. The number of fused-ring (bicyclic) bond motifs is 1. The molecule has 2 heterocycles. The van der Waals surface area contributed by atoms with Crippen LogP contribution >= 0.6 is 0 Å². The monoisotopic (exact) mass is 517 g/mol. The van der Waals surface area contributed by atoms with Gasteiger partial charge in [-0.2, -0.15) is 4.98 Å². The number of unbranched alkanes of at least 4 members (excludes halogenated alkanes) is 1. The third-order valence-corrected chi connectivity index (χ3v) is 6.62. The Morgan fingerprint density at radius 2 is 1.61 bits per heavy atom. The molecule has 0 aliphatic rings. The minimum atomic E-state index is -0.122. The highest BCUT2D eigenvalue weighted by molar-refractivity contribution is 5.88. The van der Waals surface area contributed by atoms with Gasteiger partial charge >= 0.3 is 0 Å². The molecule has 3 N–H and O–H groups in total. The molecule has 0 spiro atoms. The molecular formula is C31H47N7. The fourth-order valence-corrected chi connectivity index (χ4v) is 4.52. The summed E-state index contributed by atoms with van der Waals surface area (Å²) in [5, 5.41) is 11.1. The molecule has 7 heteroatoms. The van der Waals surface area contributed by atoms with Gasteiger partial charge in [-0.3, -0.25) is 0 Å². The summed E-state index contributed by atoms with van der Waals surface area (Å²) in [5.41, 5.74) is 5.31. The van der Waals surface area contributed by atoms with Gasteiger partial charge in [0, 0.05) is 29.2 Å². The van der Waals surface area contributed by atoms with Crippen LogP contribution in [-0.4, -0.2) is 51.6 Å². The molecule has 0 aliphatic carbocycles. The molecule has 38 heavy (non-hydrogen) atoms. The van der Waals surface area contributed by atoms with E-state index in [2.05, 4.69) is 105 Å². The van der Waals surface area contributed by atoms with Crippen LogP contribution < -0.4 is 16.0 Å². The normalized spacial score (nSPS) is 11.7. The van der Waals surface area contributed by atoms with Gasteiger partial charge in [0.15, 0.2) is 5.65 Å². The number of anilines is 2. The van der Waals surface area contributed by atoms with Crippen LogP contribution in [0.1, 0.15) is 72.4 Å². The Kier molecular flexibility index (Phi) is 10.5. The Morgan fingerprint density at radius 1 is 0.921 bits per heavy atom. The lowest BCUT2D eigenvalue weighted by molar-refractivity contribution is 0.298. The number of aromatic nitrogens is 3. The summed E-state index contributed by atoms with van der Waals surface area (Å²) in [6, 6.07) is 8.93. The molecule has 7 nitrogen and oxygen atoms in total. The molecule has 2 aromatic heterocycles. The van der Waals surface area contributed by atoms with E-state index >= 15 is 0 Å². The number of nitrogens with zero attached hydrogens (tertiary/aromatic N) is 4. The largest absolute Gasteiger partial charge is 0.367 e. The fourth-order valence-electron chi connectivity index (χ4n) is 4.52. The van der Waals surface area contributed by atoms with Gasteiger partial charge in [-0.05, 0) is 88.8 Å². The van der Waals surface area contributed by atoms with Gasteiger partial charge in [0.05, 0.1) is 5.82 Å². The van der Waals surface area contributed by atoms with Crippen LogP contribution in [0.25, 0.3) is 22.2 Å². The SMILES string of the molecule is C=C(Nc1nc2nc(NCCCCN(CC)CC)ncc2cc1-c1cc(CC)cc(CC)c1)NC(C)(C)C. The fraction of sp³-hybridized carbons (Fsp3) is 0.516. The number of pyridine rings is 1. The highest BCUT2D eigenvalue weighted by atomic mass is 15.2. The third kappa shape index (κ3) is 8.42. The van der Waals surface area contributed by atoms with Gasteiger partial charge in [0.25, 0.3) is 0 Å². The quantitative estimate of drug-likeness (QED) is 0.207. The molecule has 3 aromatic rings. The standard InChI is InChI=1S/C31H47N7/c1-9-23-17-24(10-2)19-25(18-23)27-20-26-21-33-30(32-15-13-14-16-38(11-3)12-4)36-28(26)35-29(27)34-22(5)37-31(6,7)8/h17-21,37H,5,9-16H2,1-4,6-8H3,(H2,32,33,34,35,36). The predicted octanol–water partition coefficient (Wildman–Crippen LogP) is 6.62. The first-order chi connectivity index (χ1) is 18.1. The average Bonchev–Trinajstić information content (AvgIpc) is 2.88. The zero-order valence-corrected chi connectivity index (χ0v) is 24.5. The summed E-state index contributed by atoms with van der Waals surface area (Å²) in [4.78, 5) is 16.8. The second-order valence-electron chi connectivity index (χ2n) is 10.9. The molecular weight excluding hydrogens is 470 g/mol. The lowest BCUT2D eigenvalue weighted by Gasteiger charge is -2.25. The van der Waals surface area contributed by atoms with Crippen LogP contribution in [-0.2, 0) is 12.8 Å². The lowest BCUT2D eigenvalue weighted by atomic mass is 9.97. The van der Waals surface area contributed by atoms with Crippen LogP contribution in [0.15, 0.2) is 42.9 Å². The molecule has 0 aliphatic heterocycles. The molecule has 206 valence electrons. The smallest absolute Gasteiger partial charge is 0.224 e. The Balaban J connectivity index is 1.90. The Labute approximate surface area is 229 Å². The first-order valence-corrected chi connectivity index (χ1v) is 14.2. The van der Waals surface area contributed by atoms with Gasteiger partial charge < -0.3 is 20.9 Å². The van der Waals surface area contributed by atoms with Crippen LogP contribution in [0.2, 0.25) is 0 Å². The van der Waals surface area contributed by atoms with Crippen molar-refractivity contribution >= 4 is 22.8 Å². The molecule has 0 fully saturated rings. The molecule has 0 atom stereocenters. The topological polar surface area (TPSA) is 78.0 Å². The van der Waals surface area contributed by atoms with Crippen molar-refractivity contribution in [3.8, 4) is 11.1 Å². The van der Waals surface area contributed by atoms with Crippen molar-refractivity contribution in [1.29, 1.82) is 0 Å². The molecule has 3 rings (SSSR count). The minimum absolute atomic E-state index is 0.122. The molecule has 0 amide bonds. The molecule has 0 radical (unpaired) electrons. The summed E-state index contributed by atoms with van der Waals surface area (Å²) < 4.78 is 0. The molecule has 0 bridgehead atoms. The Morgan fingerprint density at radius 3 is 2.21 bits per heavy atom. The van der Waals surface area contributed by atoms with E-state index in [-0.39, 0.29) is 5.54 Å². The van der Waals surface area contributed by atoms with E-state index in [9.17, 15) is 0 Å². The predicted molar refractivity (Wildman–Crippen MR) is 163 cm³/mol. The van der Waals surface area contributed by atoms with E-state index in [0.717, 1.165) is 74.2 Å². The van der Waals surface area contributed by atoms with Crippen LogP contribution in [0, 0.1) is 0 Å². The van der Waals surface area contributed by atoms with Gasteiger partial charge in [0.1, 0.15) is 5.82 Å². The average molecular weight is 518 g/mol. The van der Waals surface area contributed by atoms with Crippen molar-refractivity contribution in [2.24, 2.45) is 0 Å². The van der Waals surface area contributed by atoms with Crippen molar-refractivity contribution in [2.75, 3.05) is 36.8 Å². The summed E-state index contributed by atoms with van der Waals surface area (Å²) in [7, 11) is 0. The summed E-state index contributed by atoms with van der Waals surface area (Å²) >= 11 is 0. The van der Waals surface area contributed by atoms with Crippen molar-refractivity contribution in [3.05, 3.63) is 54.0 Å². The number of benzene rings is 1. The Hall–Kier alpha value is -3.19. The van der Waals surface area contributed by atoms with Crippen molar-refractivity contribution in [2.45, 2.75) is 79.7 Å².